The predicted octanol–water partition coefficient (Wildman–Crippen LogP) is 4.17. The van der Waals surface area contributed by atoms with Gasteiger partial charge in [0.1, 0.15) is 5.82 Å². The average Bonchev–Trinajstić information content (AvgIpc) is 2.67. The Morgan fingerprint density at radius 1 is 1.28 bits per heavy atom. The molecule has 29 heavy (non-hydrogen) atoms. The van der Waals surface area contributed by atoms with Crippen LogP contribution in [0.4, 0.5) is 9.18 Å². The van der Waals surface area contributed by atoms with Crippen molar-refractivity contribution in [1.82, 2.24) is 4.57 Å². The molecule has 0 atom stereocenters. The molecule has 1 heterocycles. The Balaban J connectivity index is 2.20. The van der Waals surface area contributed by atoms with Crippen molar-refractivity contribution in [2.24, 2.45) is 0 Å². The molecule has 0 aliphatic heterocycles. The fourth-order valence-corrected chi connectivity index (χ4v) is 3.31. The highest BCUT2D eigenvalue weighted by Gasteiger charge is 2.23. The lowest BCUT2D eigenvalue weighted by molar-refractivity contribution is 0.142. The van der Waals surface area contributed by atoms with Crippen LogP contribution in [0.1, 0.15) is 25.0 Å². The molecule has 0 radical (unpaired) electrons. The molecule has 3 rings (SSSR count). The Kier molecular flexibility index (Phi) is 5.64. The molecule has 0 saturated carbocycles. The van der Waals surface area contributed by atoms with E-state index in [0.29, 0.717) is 16.6 Å². The number of hydrogen-bond acceptors (Lipinski definition) is 4. The first-order chi connectivity index (χ1) is 13.6. The van der Waals surface area contributed by atoms with E-state index in [1.54, 1.807) is 48.7 Å². The summed E-state index contributed by atoms with van der Waals surface area (Å²) in [5, 5.41) is 18.9. The Morgan fingerprint density at radius 2 is 2.00 bits per heavy atom. The number of carbonyl (C=O) groups is 1. The van der Waals surface area contributed by atoms with Crippen LogP contribution >= 0.6 is 11.6 Å². The maximum Gasteiger partial charge on any atom is 0.511 e. The second-order valence-electron chi connectivity index (χ2n) is 7.27. The normalized spacial score (nSPS) is 11.6. The third-order valence-electron chi connectivity index (χ3n) is 4.70. The van der Waals surface area contributed by atoms with Crippen molar-refractivity contribution in [1.29, 1.82) is 0 Å². The van der Waals surface area contributed by atoms with Crippen LogP contribution in [0.25, 0.3) is 10.9 Å². The monoisotopic (exact) mass is 419 g/mol. The van der Waals surface area contributed by atoms with Gasteiger partial charge in [0, 0.05) is 11.8 Å². The topological polar surface area (TPSA) is 88.8 Å². The molecule has 0 amide bonds. The summed E-state index contributed by atoms with van der Waals surface area (Å²) >= 11 is 5.83. The number of nitrogens with zero attached hydrogens (tertiary/aromatic N) is 1. The van der Waals surface area contributed by atoms with E-state index in [0.717, 1.165) is 0 Å². The van der Waals surface area contributed by atoms with E-state index in [2.05, 4.69) is 4.74 Å². The highest BCUT2D eigenvalue weighted by Crippen LogP contribution is 2.26. The van der Waals surface area contributed by atoms with Crippen LogP contribution < -0.4 is 10.2 Å². The first-order valence-electron chi connectivity index (χ1n) is 8.77. The number of ether oxygens (including phenoxy) is 1. The van der Waals surface area contributed by atoms with E-state index in [9.17, 15) is 19.1 Å². The third-order valence-corrected chi connectivity index (χ3v) is 4.99. The van der Waals surface area contributed by atoms with Crippen molar-refractivity contribution in [3.05, 3.63) is 74.8 Å². The number of halogens is 2. The fourth-order valence-electron chi connectivity index (χ4n) is 3.11. The second kappa shape index (κ2) is 7.85. The molecule has 1 aromatic heterocycles. The molecule has 0 aliphatic rings. The number of pyridine rings is 1. The Bertz CT molecular complexity index is 1160. The molecular formula is C21H19ClFNO5. The maximum atomic E-state index is 14.2. The highest BCUT2D eigenvalue weighted by molar-refractivity contribution is 6.30. The average molecular weight is 420 g/mol. The van der Waals surface area contributed by atoms with Crippen LogP contribution in [0.2, 0.25) is 5.02 Å². The van der Waals surface area contributed by atoms with Crippen LogP contribution in [0.5, 0.6) is 5.75 Å². The zero-order valence-corrected chi connectivity index (χ0v) is 16.5. The van der Waals surface area contributed by atoms with Gasteiger partial charge in [-0.25, -0.2) is 9.18 Å². The minimum atomic E-state index is -1.62. The first-order valence-corrected chi connectivity index (χ1v) is 9.15. The lowest BCUT2D eigenvalue weighted by atomic mass is 10.00. The molecule has 0 unspecified atom stereocenters. The molecule has 2 N–H and O–H groups in total. The number of aliphatic hydroxyl groups is 1. The smallest absolute Gasteiger partial charge is 0.449 e. The molecule has 8 heteroatoms. The fraction of sp³-hybridized carbons (Fsp3) is 0.238. The number of hydrogen-bond donors (Lipinski definition) is 2. The van der Waals surface area contributed by atoms with Gasteiger partial charge >= 0.3 is 6.16 Å². The SMILES string of the molecule is CC(C)(CO)n1cc(OC(=O)O)c(=O)c2cc(Cc3cccc(Cl)c3F)ccc21. The predicted molar refractivity (Wildman–Crippen MR) is 107 cm³/mol. The van der Waals surface area contributed by atoms with Gasteiger partial charge < -0.3 is 19.5 Å². The Morgan fingerprint density at radius 3 is 2.66 bits per heavy atom. The summed E-state index contributed by atoms with van der Waals surface area (Å²) in [7, 11) is 0. The highest BCUT2D eigenvalue weighted by atomic mass is 35.5. The quantitative estimate of drug-likeness (QED) is 0.606. The van der Waals surface area contributed by atoms with Crippen LogP contribution in [0, 0.1) is 5.82 Å². The van der Waals surface area contributed by atoms with Crippen molar-refractivity contribution in [2.45, 2.75) is 25.8 Å². The molecule has 0 bridgehead atoms. The maximum absolute atomic E-state index is 14.2. The van der Waals surface area contributed by atoms with Crippen LogP contribution in [-0.4, -0.2) is 27.5 Å². The lowest BCUT2D eigenvalue weighted by Crippen LogP contribution is -2.32. The van der Waals surface area contributed by atoms with Crippen molar-refractivity contribution in [3.63, 3.8) is 0 Å². The van der Waals surface area contributed by atoms with Gasteiger partial charge in [0.05, 0.1) is 28.9 Å². The first kappa shape index (κ1) is 20.8. The summed E-state index contributed by atoms with van der Waals surface area (Å²) in [5.41, 5.74) is 0.0497. The van der Waals surface area contributed by atoms with Crippen molar-refractivity contribution >= 4 is 28.7 Å². The minimum absolute atomic E-state index is 0.00693. The largest absolute Gasteiger partial charge is 0.511 e. The van der Waals surface area contributed by atoms with Crippen molar-refractivity contribution in [3.8, 4) is 5.75 Å². The summed E-state index contributed by atoms with van der Waals surface area (Å²) in [6.45, 7) is 3.21. The van der Waals surface area contributed by atoms with Gasteiger partial charge in [-0.2, -0.15) is 0 Å². The van der Waals surface area contributed by atoms with Gasteiger partial charge in [-0.05, 0) is 43.2 Å². The van der Waals surface area contributed by atoms with E-state index in [1.807, 2.05) is 0 Å². The van der Waals surface area contributed by atoms with Gasteiger partial charge in [-0.1, -0.05) is 29.8 Å². The van der Waals surface area contributed by atoms with Gasteiger partial charge in [-0.15, -0.1) is 0 Å². The van der Waals surface area contributed by atoms with E-state index in [-0.39, 0.29) is 29.2 Å². The van der Waals surface area contributed by atoms with E-state index in [4.69, 9.17) is 16.7 Å². The van der Waals surface area contributed by atoms with Crippen LogP contribution in [-0.2, 0) is 12.0 Å². The number of fused-ring (bicyclic) bond motifs is 1. The number of aliphatic hydroxyl groups excluding tert-OH is 1. The summed E-state index contributed by atoms with van der Waals surface area (Å²) < 4.78 is 20.5. The Hall–Kier alpha value is -2.90. The summed E-state index contributed by atoms with van der Waals surface area (Å²) in [6, 6.07) is 9.67. The standard InChI is InChI=1S/C21H19ClFNO5/c1-21(2,11-25)24-10-17(29-20(27)28)19(26)14-9-12(6-7-16(14)24)8-13-4-3-5-15(22)18(13)23/h3-7,9-10,25H,8,11H2,1-2H3,(H,27,28). The van der Waals surface area contributed by atoms with Crippen molar-refractivity contribution in [2.75, 3.05) is 6.61 Å². The molecular weight excluding hydrogens is 401 g/mol. The number of carboxylic acid groups (broad SMARTS) is 1. The van der Waals surface area contributed by atoms with Gasteiger partial charge in [0.15, 0.2) is 5.75 Å². The van der Waals surface area contributed by atoms with Crippen LogP contribution in [0.3, 0.4) is 0 Å². The molecule has 6 nitrogen and oxygen atoms in total. The second-order valence-corrected chi connectivity index (χ2v) is 7.68. The number of benzene rings is 2. The zero-order valence-electron chi connectivity index (χ0n) is 15.8. The van der Waals surface area contributed by atoms with Gasteiger partial charge in [0.25, 0.3) is 0 Å². The summed E-state index contributed by atoms with van der Waals surface area (Å²) in [4.78, 5) is 23.8. The van der Waals surface area contributed by atoms with Crippen LogP contribution in [0.15, 0.2) is 47.4 Å². The molecule has 0 spiro atoms. The van der Waals surface area contributed by atoms with Crippen molar-refractivity contribution < 1.29 is 24.1 Å². The molecule has 3 aromatic rings. The minimum Gasteiger partial charge on any atom is -0.449 e. The number of aromatic nitrogens is 1. The molecule has 2 aromatic carbocycles. The molecule has 152 valence electrons. The Labute approximate surface area is 170 Å². The lowest BCUT2D eigenvalue weighted by Gasteiger charge is -2.28. The summed E-state index contributed by atoms with van der Waals surface area (Å²) in [6.07, 6.45) is -0.160. The van der Waals surface area contributed by atoms with Gasteiger partial charge in [-0.3, -0.25) is 4.79 Å². The van der Waals surface area contributed by atoms with E-state index >= 15 is 0 Å². The molecule has 0 aliphatic carbocycles. The third kappa shape index (κ3) is 4.11. The van der Waals surface area contributed by atoms with Gasteiger partial charge in [0.2, 0.25) is 5.43 Å². The number of rotatable bonds is 5. The molecule has 0 saturated heterocycles. The summed E-state index contributed by atoms with van der Waals surface area (Å²) in [5.74, 6) is -0.909. The van der Waals surface area contributed by atoms with E-state index in [1.165, 1.54) is 12.3 Å². The molecule has 0 fully saturated rings. The zero-order chi connectivity index (χ0) is 21.3. The van der Waals surface area contributed by atoms with E-state index < -0.39 is 22.9 Å².